The fourth-order valence-corrected chi connectivity index (χ4v) is 2.79. The van der Waals surface area contributed by atoms with Gasteiger partial charge in [0.2, 0.25) is 0 Å². The normalized spacial score (nSPS) is 13.7. The molecule has 0 spiro atoms. The van der Waals surface area contributed by atoms with E-state index in [1.165, 1.54) is 17.7 Å². The van der Waals surface area contributed by atoms with Crippen LogP contribution in [0, 0.1) is 5.92 Å². The first-order chi connectivity index (χ1) is 10.5. The Balaban J connectivity index is 1.92. The molecule has 2 aromatic rings. The first-order valence-corrected chi connectivity index (χ1v) is 8.22. The Hall–Kier alpha value is -1.96. The van der Waals surface area contributed by atoms with Crippen molar-refractivity contribution in [3.05, 3.63) is 60.2 Å². The summed E-state index contributed by atoms with van der Waals surface area (Å²) >= 11 is 0. The molecular formula is C20H28N2. The first kappa shape index (κ1) is 16.4. The molecule has 0 aliphatic carbocycles. The maximum absolute atomic E-state index is 3.56. The minimum absolute atomic E-state index is 0.305. The summed E-state index contributed by atoms with van der Waals surface area (Å²) in [6, 6.07) is 19.9. The summed E-state index contributed by atoms with van der Waals surface area (Å²) in [7, 11) is 0. The van der Waals surface area contributed by atoms with Crippen LogP contribution >= 0.6 is 0 Å². The van der Waals surface area contributed by atoms with Crippen molar-refractivity contribution in [1.29, 1.82) is 0 Å². The van der Waals surface area contributed by atoms with Crippen molar-refractivity contribution in [1.82, 2.24) is 0 Å². The lowest BCUT2D eigenvalue weighted by Gasteiger charge is -2.19. The molecule has 0 radical (unpaired) electrons. The number of hydrogen-bond acceptors (Lipinski definition) is 2. The largest absolute Gasteiger partial charge is 0.383 e. The molecule has 2 unspecified atom stereocenters. The zero-order valence-corrected chi connectivity index (χ0v) is 14.1. The predicted octanol–water partition coefficient (Wildman–Crippen LogP) is 5.71. The summed E-state index contributed by atoms with van der Waals surface area (Å²) in [6.45, 7) is 8.95. The van der Waals surface area contributed by atoms with Crippen LogP contribution in [0.1, 0.15) is 45.7 Å². The lowest BCUT2D eigenvalue weighted by molar-refractivity contribution is 0.540. The molecule has 0 aliphatic rings. The van der Waals surface area contributed by atoms with Gasteiger partial charge >= 0.3 is 0 Å². The summed E-state index contributed by atoms with van der Waals surface area (Å²) in [5.41, 5.74) is 3.64. The molecular weight excluding hydrogens is 268 g/mol. The van der Waals surface area contributed by atoms with E-state index >= 15 is 0 Å². The molecule has 22 heavy (non-hydrogen) atoms. The molecule has 0 saturated carbocycles. The summed E-state index contributed by atoms with van der Waals surface area (Å²) in [6.07, 6.45) is 1.19. The summed E-state index contributed by atoms with van der Waals surface area (Å²) < 4.78 is 0. The minimum atomic E-state index is 0.305. The maximum Gasteiger partial charge on any atom is 0.0485 e. The third-order valence-electron chi connectivity index (χ3n) is 3.81. The highest BCUT2D eigenvalue weighted by atomic mass is 14.9. The van der Waals surface area contributed by atoms with Crippen LogP contribution in [0.5, 0.6) is 0 Å². The zero-order valence-electron chi connectivity index (χ0n) is 14.1. The minimum Gasteiger partial charge on any atom is -0.383 e. The molecule has 0 fully saturated rings. The van der Waals surface area contributed by atoms with Gasteiger partial charge in [-0.1, -0.05) is 44.2 Å². The summed E-state index contributed by atoms with van der Waals surface area (Å²) in [5.74, 6) is 0.718. The van der Waals surface area contributed by atoms with Crippen LogP contribution in [0.2, 0.25) is 0 Å². The third-order valence-corrected chi connectivity index (χ3v) is 3.81. The molecule has 0 aliphatic heterocycles. The molecule has 2 rings (SSSR count). The van der Waals surface area contributed by atoms with E-state index in [1.54, 1.807) is 0 Å². The summed E-state index contributed by atoms with van der Waals surface area (Å²) in [5, 5.41) is 7.10. The Morgan fingerprint density at radius 2 is 1.27 bits per heavy atom. The van der Waals surface area contributed by atoms with Crippen molar-refractivity contribution < 1.29 is 0 Å². The average Bonchev–Trinajstić information content (AvgIpc) is 2.49. The fraction of sp³-hybridized carbons (Fsp3) is 0.400. The van der Waals surface area contributed by atoms with Crippen molar-refractivity contribution in [2.45, 2.75) is 46.2 Å². The predicted molar refractivity (Wildman–Crippen MR) is 97.5 cm³/mol. The Bertz CT molecular complexity index is 546. The van der Waals surface area contributed by atoms with Gasteiger partial charge in [-0.3, -0.25) is 0 Å². The van der Waals surface area contributed by atoms with E-state index in [1.807, 2.05) is 0 Å². The van der Waals surface area contributed by atoms with E-state index in [0.717, 1.165) is 11.6 Å². The Morgan fingerprint density at radius 1 is 0.727 bits per heavy atom. The molecule has 0 bridgehead atoms. The van der Waals surface area contributed by atoms with Gasteiger partial charge in [-0.15, -0.1) is 0 Å². The van der Waals surface area contributed by atoms with Crippen molar-refractivity contribution >= 4 is 11.4 Å². The molecule has 2 aromatic carbocycles. The van der Waals surface area contributed by atoms with Gasteiger partial charge in [0, 0.05) is 23.5 Å². The number of anilines is 2. The molecule has 0 aromatic heterocycles. The first-order valence-electron chi connectivity index (χ1n) is 8.22. The van der Waals surface area contributed by atoms with Crippen LogP contribution in [0.4, 0.5) is 11.4 Å². The summed E-state index contributed by atoms with van der Waals surface area (Å²) in [4.78, 5) is 0. The molecule has 2 nitrogen and oxygen atoms in total. The van der Waals surface area contributed by atoms with Gasteiger partial charge in [0.05, 0.1) is 0 Å². The van der Waals surface area contributed by atoms with E-state index < -0.39 is 0 Å². The maximum atomic E-state index is 3.56. The van der Waals surface area contributed by atoms with Gasteiger partial charge in [0.25, 0.3) is 0 Å². The molecule has 118 valence electrons. The van der Waals surface area contributed by atoms with E-state index in [0.29, 0.717) is 12.1 Å². The lowest BCUT2D eigenvalue weighted by Crippen LogP contribution is -2.17. The van der Waals surface area contributed by atoms with Crippen molar-refractivity contribution in [2.75, 3.05) is 10.6 Å². The highest BCUT2D eigenvalue weighted by Crippen LogP contribution is 2.21. The number of hydrogen-bond donors (Lipinski definition) is 2. The van der Waals surface area contributed by atoms with Crippen LogP contribution in [0.3, 0.4) is 0 Å². The van der Waals surface area contributed by atoms with E-state index in [2.05, 4.69) is 92.9 Å². The topological polar surface area (TPSA) is 24.1 Å². The van der Waals surface area contributed by atoms with E-state index in [4.69, 9.17) is 0 Å². The highest BCUT2D eigenvalue weighted by molar-refractivity contribution is 5.54. The van der Waals surface area contributed by atoms with Gasteiger partial charge in [-0.25, -0.2) is 0 Å². The highest BCUT2D eigenvalue weighted by Gasteiger charge is 2.06. The van der Waals surface area contributed by atoms with E-state index in [-0.39, 0.29) is 0 Å². The molecule has 2 heteroatoms. The van der Waals surface area contributed by atoms with Crippen LogP contribution in [0.25, 0.3) is 0 Å². The van der Waals surface area contributed by atoms with Gasteiger partial charge < -0.3 is 10.6 Å². The number of rotatable bonds is 7. The SMILES string of the molecule is CC(C)CC(C)Nc1ccc(NC(C)c2ccccc2)cc1. The Kier molecular flexibility index (Phi) is 5.88. The molecule has 0 amide bonds. The van der Waals surface area contributed by atoms with Crippen molar-refractivity contribution in [3.63, 3.8) is 0 Å². The molecule has 2 atom stereocenters. The van der Waals surface area contributed by atoms with Gasteiger partial charge in [-0.2, -0.15) is 0 Å². The second-order valence-corrected chi connectivity index (χ2v) is 6.53. The second-order valence-electron chi connectivity index (χ2n) is 6.53. The van der Waals surface area contributed by atoms with Crippen molar-refractivity contribution in [2.24, 2.45) is 5.92 Å². The average molecular weight is 296 g/mol. The Labute approximate surface area is 135 Å². The number of nitrogens with one attached hydrogen (secondary N) is 2. The van der Waals surface area contributed by atoms with E-state index in [9.17, 15) is 0 Å². The Morgan fingerprint density at radius 3 is 1.82 bits per heavy atom. The van der Waals surface area contributed by atoms with Crippen LogP contribution in [-0.2, 0) is 0 Å². The van der Waals surface area contributed by atoms with Crippen LogP contribution < -0.4 is 10.6 Å². The molecule has 0 heterocycles. The molecule has 2 N–H and O–H groups in total. The molecule has 0 saturated heterocycles. The van der Waals surface area contributed by atoms with Crippen molar-refractivity contribution in [3.8, 4) is 0 Å². The lowest BCUT2D eigenvalue weighted by atomic mass is 10.0. The fourth-order valence-electron chi connectivity index (χ4n) is 2.79. The monoisotopic (exact) mass is 296 g/mol. The smallest absolute Gasteiger partial charge is 0.0485 e. The standard InChI is InChI=1S/C20H28N2/c1-15(2)14-16(3)21-19-10-12-20(13-11-19)22-17(4)18-8-6-5-7-9-18/h5-13,15-17,21-22H,14H2,1-4H3. The number of benzene rings is 2. The zero-order chi connectivity index (χ0) is 15.9. The quantitative estimate of drug-likeness (QED) is 0.684. The second kappa shape index (κ2) is 7.88. The van der Waals surface area contributed by atoms with Crippen LogP contribution in [0.15, 0.2) is 54.6 Å². The van der Waals surface area contributed by atoms with Gasteiger partial charge in [-0.05, 0) is 56.0 Å². The van der Waals surface area contributed by atoms with Crippen LogP contribution in [-0.4, -0.2) is 6.04 Å². The third kappa shape index (κ3) is 5.10. The van der Waals surface area contributed by atoms with Gasteiger partial charge in [0.15, 0.2) is 0 Å². The van der Waals surface area contributed by atoms with Gasteiger partial charge in [0.1, 0.15) is 0 Å².